The Morgan fingerprint density at radius 2 is 1.43 bits per heavy atom. The van der Waals surface area contributed by atoms with Gasteiger partial charge in [0, 0.05) is 12.3 Å². The quantitative estimate of drug-likeness (QED) is 0.166. The van der Waals surface area contributed by atoms with Crippen molar-refractivity contribution in [3.05, 3.63) is 11.6 Å². The minimum absolute atomic E-state index is 0.0439. The van der Waals surface area contributed by atoms with Crippen LogP contribution in [0.25, 0.3) is 0 Å². The molecule has 0 bridgehead atoms. The number of fused-ring (bicyclic) bond motifs is 7. The van der Waals surface area contributed by atoms with Gasteiger partial charge in [0.05, 0.1) is 37.6 Å². The predicted molar refractivity (Wildman–Crippen MR) is 184 cm³/mol. The molecule has 0 amide bonds. The van der Waals surface area contributed by atoms with Gasteiger partial charge in [-0.3, -0.25) is 0 Å². The van der Waals surface area contributed by atoms with Crippen LogP contribution >= 0.6 is 0 Å². The van der Waals surface area contributed by atoms with Gasteiger partial charge in [0.1, 0.15) is 48.8 Å². The second kappa shape index (κ2) is 13.9. The maximum atomic E-state index is 10.6. The minimum Gasteiger partial charge on any atom is -0.394 e. The minimum atomic E-state index is -1.50. The molecule has 21 atom stereocenters. The lowest BCUT2D eigenvalue weighted by Gasteiger charge is -2.58. The van der Waals surface area contributed by atoms with E-state index in [4.69, 9.17) is 28.4 Å². The summed E-state index contributed by atoms with van der Waals surface area (Å²) in [4.78, 5) is 0. The first-order chi connectivity index (χ1) is 25.1. The van der Waals surface area contributed by atoms with Crippen LogP contribution in [0.1, 0.15) is 85.5 Å². The smallest absolute Gasteiger partial charge is 0.186 e. The third kappa shape index (κ3) is 6.12. The highest BCUT2D eigenvalue weighted by Gasteiger charge is 2.70. The van der Waals surface area contributed by atoms with Crippen molar-refractivity contribution in [3.8, 4) is 0 Å². The van der Waals surface area contributed by atoms with Crippen molar-refractivity contribution in [2.45, 2.75) is 170 Å². The second-order valence-electron chi connectivity index (χ2n) is 18.6. The first kappa shape index (κ1) is 39.0. The highest BCUT2D eigenvalue weighted by Crippen LogP contribution is 2.71. The average Bonchev–Trinajstić information content (AvgIpc) is 3.73. The van der Waals surface area contributed by atoms with Crippen LogP contribution in [-0.4, -0.2) is 146 Å². The number of rotatable bonds is 7. The van der Waals surface area contributed by atoms with Crippen molar-refractivity contribution in [1.82, 2.24) is 0 Å². The summed E-state index contributed by atoms with van der Waals surface area (Å²) in [6, 6.07) is 0. The van der Waals surface area contributed by atoms with Gasteiger partial charge < -0.3 is 69.3 Å². The molecule has 4 heterocycles. The number of hydrogen-bond acceptors (Lipinski definition) is 14. The summed E-state index contributed by atoms with van der Waals surface area (Å²) in [5.41, 5.74) is 0.834. The Hall–Kier alpha value is -0.820. The van der Waals surface area contributed by atoms with Crippen LogP contribution in [0, 0.1) is 40.4 Å². The SMILES string of the molecule is C[C@H]1[C@H]2[C@H](C[C@H]3[C@@H]4CC=C5C[C@@H](O[C@H]6O[C@@H](CO)[C@H](O)[C@@H](O)[C@@H]6O)CC[C@]5(C)[C@H]4CC[C@]23C)O[C@]12CC[C@@](C)(CO[C@@H]1O[C@H](CO)[C@@H](O)[C@H](O)[C@H]1O)O2. The molecule has 0 aromatic carbocycles. The summed E-state index contributed by atoms with van der Waals surface area (Å²) in [6.07, 6.45) is -2.57. The van der Waals surface area contributed by atoms with Gasteiger partial charge in [-0.15, -0.1) is 0 Å². The first-order valence-electron chi connectivity index (χ1n) is 20.0. The van der Waals surface area contributed by atoms with Crippen LogP contribution in [0.3, 0.4) is 0 Å². The zero-order valence-electron chi connectivity index (χ0n) is 31.4. The molecule has 14 heteroatoms. The molecule has 8 N–H and O–H groups in total. The fourth-order valence-corrected chi connectivity index (χ4v) is 12.7. The van der Waals surface area contributed by atoms with Crippen LogP contribution < -0.4 is 0 Å². The molecule has 4 aliphatic heterocycles. The third-order valence-corrected chi connectivity index (χ3v) is 15.7. The fourth-order valence-electron chi connectivity index (χ4n) is 12.7. The lowest BCUT2D eigenvalue weighted by molar-refractivity contribution is -0.318. The Kier molecular flexibility index (Phi) is 10.3. The zero-order chi connectivity index (χ0) is 37.8. The van der Waals surface area contributed by atoms with Crippen molar-refractivity contribution in [1.29, 1.82) is 0 Å². The molecule has 4 aliphatic carbocycles. The van der Waals surface area contributed by atoms with E-state index in [0.717, 1.165) is 51.4 Å². The molecule has 0 unspecified atom stereocenters. The van der Waals surface area contributed by atoms with Crippen molar-refractivity contribution < 1.29 is 69.3 Å². The van der Waals surface area contributed by atoms with Crippen LogP contribution in [0.2, 0.25) is 0 Å². The van der Waals surface area contributed by atoms with Crippen LogP contribution in [0.4, 0.5) is 0 Å². The van der Waals surface area contributed by atoms with Crippen molar-refractivity contribution in [2.24, 2.45) is 40.4 Å². The largest absolute Gasteiger partial charge is 0.394 e. The number of aliphatic hydroxyl groups is 8. The summed E-state index contributed by atoms with van der Waals surface area (Å²) in [5.74, 6) is 1.39. The van der Waals surface area contributed by atoms with Crippen molar-refractivity contribution >= 4 is 0 Å². The Labute approximate surface area is 311 Å². The Morgan fingerprint density at radius 1 is 0.774 bits per heavy atom. The summed E-state index contributed by atoms with van der Waals surface area (Å²) in [6.45, 7) is 8.26. The Morgan fingerprint density at radius 3 is 2.11 bits per heavy atom. The molecule has 1 spiro atoms. The van der Waals surface area contributed by atoms with Crippen LogP contribution in [-0.2, 0) is 28.4 Å². The summed E-state index contributed by atoms with van der Waals surface area (Å²) in [5, 5.41) is 81.1. The Balaban J connectivity index is 0.911. The van der Waals surface area contributed by atoms with Gasteiger partial charge in [0.2, 0.25) is 0 Å². The van der Waals surface area contributed by atoms with Crippen LogP contribution in [0.5, 0.6) is 0 Å². The summed E-state index contributed by atoms with van der Waals surface area (Å²) < 4.78 is 37.3. The molecular weight excluding hydrogens is 692 g/mol. The van der Waals surface area contributed by atoms with Gasteiger partial charge >= 0.3 is 0 Å². The molecule has 8 rings (SSSR count). The molecular formula is C39H62O14. The zero-order valence-corrected chi connectivity index (χ0v) is 31.4. The van der Waals surface area contributed by atoms with Gasteiger partial charge in [-0.05, 0) is 92.8 Å². The second-order valence-corrected chi connectivity index (χ2v) is 18.6. The number of aliphatic hydroxyl groups excluding tert-OH is 8. The van der Waals surface area contributed by atoms with E-state index in [1.54, 1.807) is 0 Å². The highest BCUT2D eigenvalue weighted by molar-refractivity contribution is 5.26. The van der Waals surface area contributed by atoms with Crippen molar-refractivity contribution in [3.63, 3.8) is 0 Å². The molecule has 14 nitrogen and oxygen atoms in total. The highest BCUT2D eigenvalue weighted by atomic mass is 16.7. The van der Waals surface area contributed by atoms with E-state index < -0.39 is 86.0 Å². The van der Waals surface area contributed by atoms with Crippen LogP contribution in [0.15, 0.2) is 11.6 Å². The Bertz CT molecular complexity index is 1380. The molecule has 3 saturated carbocycles. The molecule has 8 aliphatic rings. The van der Waals surface area contributed by atoms with E-state index in [1.165, 1.54) is 5.57 Å². The number of hydrogen-bond donors (Lipinski definition) is 8. The van der Waals surface area contributed by atoms with E-state index >= 15 is 0 Å². The third-order valence-electron chi connectivity index (χ3n) is 15.7. The first-order valence-corrected chi connectivity index (χ1v) is 20.0. The molecule has 302 valence electrons. The van der Waals surface area contributed by atoms with E-state index in [9.17, 15) is 40.9 Å². The van der Waals surface area contributed by atoms with E-state index in [1.807, 2.05) is 6.92 Å². The number of ether oxygens (including phenoxy) is 6. The standard InChI is InChI=1S/C39H62O14/c1-18-27-24(52-39(18)12-11-36(2,53-39)17-48-34-32(46)30(44)28(42)25(15-40)50-34)14-23-21-6-5-19-13-20(7-9-37(19,3)22(21)8-10-38(23,27)4)49-35-33(47)31(45)29(43)26(16-41)51-35/h5,18,20-35,40-47H,6-17H2,1-4H3/t18-,20-,21+,22-,23-,24-,25+,26-,27-,28+,29-,30-,31+,32+,33-,34+,35-,36-,37-,38-,39-/m0/s1. The van der Waals surface area contributed by atoms with E-state index in [-0.39, 0.29) is 35.6 Å². The lowest BCUT2D eigenvalue weighted by Crippen LogP contribution is -2.60. The maximum Gasteiger partial charge on any atom is 0.186 e. The topological polar surface area (TPSA) is 217 Å². The maximum absolute atomic E-state index is 10.6. The normalized spacial score (nSPS) is 57.8. The van der Waals surface area contributed by atoms with Gasteiger partial charge in [-0.1, -0.05) is 32.4 Å². The van der Waals surface area contributed by atoms with Crippen molar-refractivity contribution in [2.75, 3.05) is 19.8 Å². The van der Waals surface area contributed by atoms with Gasteiger partial charge in [0.25, 0.3) is 0 Å². The van der Waals surface area contributed by atoms with Gasteiger partial charge in [-0.2, -0.15) is 0 Å². The predicted octanol–water partition coefficient (Wildman–Crippen LogP) is 0.477. The molecule has 0 aromatic heterocycles. The monoisotopic (exact) mass is 754 g/mol. The summed E-state index contributed by atoms with van der Waals surface area (Å²) in [7, 11) is 0. The molecule has 0 aromatic rings. The summed E-state index contributed by atoms with van der Waals surface area (Å²) >= 11 is 0. The average molecular weight is 755 g/mol. The molecule has 53 heavy (non-hydrogen) atoms. The van der Waals surface area contributed by atoms with E-state index in [2.05, 4.69) is 26.8 Å². The number of allylic oxidation sites excluding steroid dienone is 1. The molecule has 7 fully saturated rings. The lowest BCUT2D eigenvalue weighted by atomic mass is 9.47. The molecule has 0 radical (unpaired) electrons. The van der Waals surface area contributed by atoms with Gasteiger partial charge in [-0.25, -0.2) is 0 Å². The van der Waals surface area contributed by atoms with Gasteiger partial charge in [0.15, 0.2) is 18.4 Å². The molecule has 4 saturated heterocycles. The van der Waals surface area contributed by atoms with E-state index in [0.29, 0.717) is 30.1 Å². The fraction of sp³-hybridized carbons (Fsp3) is 0.949.